The van der Waals surface area contributed by atoms with Crippen molar-refractivity contribution in [1.82, 2.24) is 15.3 Å². The molecule has 0 bridgehead atoms. The van der Waals surface area contributed by atoms with Gasteiger partial charge in [-0.2, -0.15) is 0 Å². The fraction of sp³-hybridized carbons (Fsp3) is 0.571. The second kappa shape index (κ2) is 5.37. The maximum absolute atomic E-state index is 6.06. The maximum atomic E-state index is 6.06. The molecule has 1 N–H and O–H groups in total. The number of halogens is 1. The highest BCUT2D eigenvalue weighted by Crippen LogP contribution is 2.36. The number of fused-ring (bicyclic) bond motifs is 1. The minimum atomic E-state index is 0.135. The van der Waals surface area contributed by atoms with Gasteiger partial charge in [-0.3, -0.25) is 5.32 Å². The Morgan fingerprint density at radius 3 is 2.75 bits per heavy atom. The lowest BCUT2D eigenvalue weighted by molar-refractivity contribution is 0.591. The largest absolute Gasteiger partial charge is 0.299 e. The molecular weight excluding hydrogens is 310 g/mol. The van der Waals surface area contributed by atoms with E-state index in [4.69, 9.17) is 16.6 Å². The number of aromatic nitrogens is 2. The van der Waals surface area contributed by atoms with Gasteiger partial charge in [-0.05, 0) is 38.5 Å². The van der Waals surface area contributed by atoms with Crippen LogP contribution in [-0.2, 0) is 12.8 Å². The third-order valence-electron chi connectivity index (χ3n) is 3.83. The summed E-state index contributed by atoms with van der Waals surface area (Å²) in [5.74, 6) is 0. The van der Waals surface area contributed by atoms with E-state index in [0.717, 1.165) is 15.8 Å². The molecule has 20 heavy (non-hydrogen) atoms. The van der Waals surface area contributed by atoms with Crippen molar-refractivity contribution in [3.8, 4) is 0 Å². The van der Waals surface area contributed by atoms with Crippen LogP contribution in [0.25, 0.3) is 0 Å². The van der Waals surface area contributed by atoms with E-state index in [9.17, 15) is 0 Å². The summed E-state index contributed by atoms with van der Waals surface area (Å²) in [6.45, 7) is 0. The zero-order valence-corrected chi connectivity index (χ0v) is 13.5. The van der Waals surface area contributed by atoms with Crippen molar-refractivity contribution in [3.05, 3.63) is 31.1 Å². The second-order valence-electron chi connectivity index (χ2n) is 5.51. The zero-order valence-electron chi connectivity index (χ0n) is 11.1. The van der Waals surface area contributed by atoms with Gasteiger partial charge in [0, 0.05) is 10.9 Å². The molecule has 106 valence electrons. The quantitative estimate of drug-likeness (QED) is 0.924. The average Bonchev–Trinajstić information content (AvgIpc) is 3.01. The van der Waals surface area contributed by atoms with Gasteiger partial charge in [-0.25, -0.2) is 9.97 Å². The molecule has 2 heterocycles. The Hall–Kier alpha value is -0.490. The molecule has 2 aliphatic rings. The summed E-state index contributed by atoms with van der Waals surface area (Å²) in [7, 11) is 0. The number of nitrogens with zero attached hydrogens (tertiary/aromatic N) is 2. The van der Waals surface area contributed by atoms with Crippen molar-refractivity contribution < 1.29 is 0 Å². The highest BCUT2D eigenvalue weighted by Gasteiger charge is 2.30. The highest BCUT2D eigenvalue weighted by molar-refractivity contribution is 7.16. The van der Waals surface area contributed by atoms with Crippen molar-refractivity contribution in [2.75, 3.05) is 0 Å². The van der Waals surface area contributed by atoms with Crippen LogP contribution in [0.4, 0.5) is 0 Å². The molecule has 3 nitrogen and oxygen atoms in total. The van der Waals surface area contributed by atoms with Gasteiger partial charge in [-0.15, -0.1) is 22.7 Å². The van der Waals surface area contributed by atoms with Crippen molar-refractivity contribution in [1.29, 1.82) is 0 Å². The van der Waals surface area contributed by atoms with Gasteiger partial charge in [0.25, 0.3) is 0 Å². The second-order valence-corrected chi connectivity index (χ2v) is 8.31. The molecule has 0 aromatic carbocycles. The van der Waals surface area contributed by atoms with Gasteiger partial charge >= 0.3 is 0 Å². The molecule has 4 rings (SSSR count). The predicted octanol–water partition coefficient (Wildman–Crippen LogP) is 3.97. The first-order chi connectivity index (χ1) is 9.79. The lowest BCUT2D eigenvalue weighted by atomic mass is 10.0. The molecule has 0 aliphatic heterocycles. The highest BCUT2D eigenvalue weighted by atomic mass is 35.5. The smallest absolute Gasteiger partial charge is 0.118 e. The summed E-state index contributed by atoms with van der Waals surface area (Å²) in [4.78, 5) is 10.9. The SMILES string of the molecule is Clc1cnc(C(NC2CC2)c2nc3c(s2)CCCC3)s1. The van der Waals surface area contributed by atoms with E-state index < -0.39 is 0 Å². The molecular formula is C14H16ClN3S2. The Kier molecular flexibility index (Phi) is 3.54. The van der Waals surface area contributed by atoms with E-state index in [0.29, 0.717) is 6.04 Å². The molecule has 1 atom stereocenters. The minimum Gasteiger partial charge on any atom is -0.299 e. The number of thiazole rings is 2. The van der Waals surface area contributed by atoms with Crippen LogP contribution in [0.2, 0.25) is 4.34 Å². The van der Waals surface area contributed by atoms with Crippen molar-refractivity contribution in [2.45, 2.75) is 50.6 Å². The molecule has 0 amide bonds. The average molecular weight is 326 g/mol. The fourth-order valence-electron chi connectivity index (χ4n) is 2.63. The first-order valence-electron chi connectivity index (χ1n) is 7.15. The van der Waals surface area contributed by atoms with Crippen LogP contribution in [0.5, 0.6) is 0 Å². The lowest BCUT2D eigenvalue weighted by Gasteiger charge is -2.13. The molecule has 2 aromatic rings. The van der Waals surface area contributed by atoms with Crippen LogP contribution in [0.1, 0.15) is 52.3 Å². The molecule has 2 aromatic heterocycles. The molecule has 2 aliphatic carbocycles. The van der Waals surface area contributed by atoms with Crippen LogP contribution in [0.3, 0.4) is 0 Å². The minimum absolute atomic E-state index is 0.135. The summed E-state index contributed by atoms with van der Waals surface area (Å²) in [5, 5.41) is 5.91. The van der Waals surface area contributed by atoms with E-state index in [1.165, 1.54) is 47.7 Å². The van der Waals surface area contributed by atoms with Gasteiger partial charge in [0.1, 0.15) is 20.4 Å². The Balaban J connectivity index is 1.67. The maximum Gasteiger partial charge on any atom is 0.118 e. The number of nitrogens with one attached hydrogen (secondary N) is 1. The summed E-state index contributed by atoms with van der Waals surface area (Å²) in [5.41, 5.74) is 1.32. The van der Waals surface area contributed by atoms with Gasteiger partial charge < -0.3 is 0 Å². The van der Waals surface area contributed by atoms with E-state index >= 15 is 0 Å². The molecule has 1 unspecified atom stereocenters. The summed E-state index contributed by atoms with van der Waals surface area (Å²) in [6, 6.07) is 0.763. The van der Waals surface area contributed by atoms with Crippen molar-refractivity contribution in [2.24, 2.45) is 0 Å². The number of rotatable bonds is 4. The van der Waals surface area contributed by atoms with E-state index in [-0.39, 0.29) is 6.04 Å². The third-order valence-corrected chi connectivity index (χ3v) is 6.23. The van der Waals surface area contributed by atoms with Crippen LogP contribution in [0.15, 0.2) is 6.20 Å². The number of hydrogen-bond donors (Lipinski definition) is 1. The number of aryl methyl sites for hydroxylation is 2. The molecule has 0 saturated heterocycles. The first-order valence-corrected chi connectivity index (χ1v) is 9.16. The van der Waals surface area contributed by atoms with Crippen LogP contribution in [-0.4, -0.2) is 16.0 Å². The molecule has 1 saturated carbocycles. The molecule has 0 radical (unpaired) electrons. The van der Waals surface area contributed by atoms with E-state index in [2.05, 4.69) is 10.3 Å². The van der Waals surface area contributed by atoms with Gasteiger partial charge in [0.2, 0.25) is 0 Å². The monoisotopic (exact) mass is 325 g/mol. The Morgan fingerprint density at radius 1 is 1.20 bits per heavy atom. The fourth-order valence-corrected chi connectivity index (χ4v) is 4.92. The predicted molar refractivity (Wildman–Crippen MR) is 83.9 cm³/mol. The van der Waals surface area contributed by atoms with Crippen molar-refractivity contribution >= 4 is 34.3 Å². The van der Waals surface area contributed by atoms with Gasteiger partial charge in [0.05, 0.1) is 11.9 Å². The first kappa shape index (κ1) is 13.2. The Bertz CT molecular complexity index is 594. The van der Waals surface area contributed by atoms with Crippen molar-refractivity contribution in [3.63, 3.8) is 0 Å². The van der Waals surface area contributed by atoms with Gasteiger partial charge in [0.15, 0.2) is 0 Å². The molecule has 0 spiro atoms. The lowest BCUT2D eigenvalue weighted by Crippen LogP contribution is -2.24. The van der Waals surface area contributed by atoms with Crippen LogP contribution >= 0.6 is 34.3 Å². The molecule has 1 fully saturated rings. The van der Waals surface area contributed by atoms with Crippen LogP contribution in [0, 0.1) is 0 Å². The Morgan fingerprint density at radius 2 is 2.05 bits per heavy atom. The summed E-state index contributed by atoms with van der Waals surface area (Å²) < 4.78 is 0.754. The Labute approximate surface area is 131 Å². The standard InChI is InChI=1S/C14H16ClN3S2/c15-11-7-16-13(20-11)12(17-8-5-6-8)14-18-9-3-1-2-4-10(9)19-14/h7-8,12,17H,1-6H2. The number of hydrogen-bond acceptors (Lipinski definition) is 5. The van der Waals surface area contributed by atoms with Crippen LogP contribution < -0.4 is 5.32 Å². The van der Waals surface area contributed by atoms with E-state index in [1.807, 2.05) is 11.3 Å². The van der Waals surface area contributed by atoms with E-state index in [1.54, 1.807) is 17.5 Å². The topological polar surface area (TPSA) is 37.8 Å². The summed E-state index contributed by atoms with van der Waals surface area (Å²) in [6.07, 6.45) is 9.19. The van der Waals surface area contributed by atoms with Gasteiger partial charge in [-0.1, -0.05) is 11.6 Å². The normalized spacial score (nSPS) is 19.9. The zero-order chi connectivity index (χ0) is 13.5. The summed E-state index contributed by atoms with van der Waals surface area (Å²) >= 11 is 9.49. The third kappa shape index (κ3) is 2.64. The molecule has 6 heteroatoms.